The Hall–Kier alpha value is -0.140. The quantitative estimate of drug-likeness (QED) is 0.411. The van der Waals surface area contributed by atoms with Gasteiger partial charge in [-0.3, -0.25) is 0 Å². The number of aromatic nitrogens is 1. The third kappa shape index (κ3) is 3.20. The lowest BCUT2D eigenvalue weighted by Crippen LogP contribution is -1.86. The van der Waals surface area contributed by atoms with E-state index < -0.39 is 0 Å². The average Bonchev–Trinajstić information content (AvgIpc) is 3.07. The summed E-state index contributed by atoms with van der Waals surface area (Å²) < 4.78 is 2.26. The zero-order valence-electron chi connectivity index (χ0n) is 10.4. The minimum Gasteiger partial charge on any atom is -0.246 e. The summed E-state index contributed by atoms with van der Waals surface area (Å²) in [6.07, 6.45) is 2.09. The molecule has 3 aromatic rings. The molecule has 0 radical (unpaired) electrons. The molecule has 0 aliphatic rings. The molecule has 102 valence electrons. The molecular formula is C14H9Br2NS3. The van der Waals surface area contributed by atoms with Crippen LogP contribution in [0.25, 0.3) is 21.1 Å². The molecule has 0 aliphatic carbocycles. The second-order valence-corrected chi connectivity index (χ2v) is 9.79. The van der Waals surface area contributed by atoms with Crippen molar-refractivity contribution in [1.82, 2.24) is 4.98 Å². The van der Waals surface area contributed by atoms with E-state index in [1.54, 1.807) is 34.4 Å². The molecule has 0 N–H and O–H groups in total. The lowest BCUT2D eigenvalue weighted by molar-refractivity contribution is 1.29. The maximum absolute atomic E-state index is 4.81. The Labute approximate surface area is 146 Å². The molecule has 3 aromatic heterocycles. The maximum Gasteiger partial charge on any atom is 0.0821 e. The van der Waals surface area contributed by atoms with E-state index in [0.29, 0.717) is 0 Å². The highest BCUT2D eigenvalue weighted by Crippen LogP contribution is 2.36. The van der Waals surface area contributed by atoms with E-state index in [2.05, 4.69) is 74.5 Å². The van der Waals surface area contributed by atoms with Crippen molar-refractivity contribution in [2.45, 2.75) is 4.90 Å². The van der Waals surface area contributed by atoms with Crippen molar-refractivity contribution in [3.05, 3.63) is 44.0 Å². The molecule has 20 heavy (non-hydrogen) atoms. The summed E-state index contributed by atoms with van der Waals surface area (Å²) in [4.78, 5) is 8.42. The van der Waals surface area contributed by atoms with Crippen LogP contribution in [0.2, 0.25) is 0 Å². The highest BCUT2D eigenvalue weighted by molar-refractivity contribution is 9.11. The van der Waals surface area contributed by atoms with Gasteiger partial charge in [-0.1, -0.05) is 0 Å². The van der Waals surface area contributed by atoms with Crippen LogP contribution in [-0.4, -0.2) is 11.2 Å². The Morgan fingerprint density at radius 2 is 1.40 bits per heavy atom. The van der Waals surface area contributed by atoms with Crippen molar-refractivity contribution in [3.8, 4) is 21.1 Å². The molecule has 6 heteroatoms. The summed E-state index contributed by atoms with van der Waals surface area (Å²) in [5, 5.41) is 0. The highest BCUT2D eigenvalue weighted by Gasteiger charge is 2.10. The number of hydrogen-bond acceptors (Lipinski definition) is 4. The second kappa shape index (κ2) is 6.32. The smallest absolute Gasteiger partial charge is 0.0821 e. The Balaban J connectivity index is 2.12. The fourth-order valence-electron chi connectivity index (χ4n) is 1.78. The van der Waals surface area contributed by atoms with Gasteiger partial charge >= 0.3 is 0 Å². The van der Waals surface area contributed by atoms with Crippen LogP contribution in [0, 0.1) is 0 Å². The van der Waals surface area contributed by atoms with E-state index in [4.69, 9.17) is 4.98 Å². The van der Waals surface area contributed by atoms with Gasteiger partial charge in [0.15, 0.2) is 0 Å². The van der Waals surface area contributed by atoms with Gasteiger partial charge in [-0.15, -0.1) is 34.4 Å². The molecule has 0 bridgehead atoms. The summed E-state index contributed by atoms with van der Waals surface area (Å²) in [7, 11) is 0. The van der Waals surface area contributed by atoms with Gasteiger partial charge in [0.25, 0.3) is 0 Å². The van der Waals surface area contributed by atoms with E-state index in [1.165, 1.54) is 14.6 Å². The van der Waals surface area contributed by atoms with Crippen LogP contribution < -0.4 is 0 Å². The van der Waals surface area contributed by atoms with E-state index in [9.17, 15) is 0 Å². The first kappa shape index (κ1) is 14.8. The van der Waals surface area contributed by atoms with Gasteiger partial charge < -0.3 is 0 Å². The lowest BCUT2D eigenvalue weighted by Gasteiger charge is -2.05. The van der Waals surface area contributed by atoms with Gasteiger partial charge in [-0.25, -0.2) is 4.98 Å². The summed E-state index contributed by atoms with van der Waals surface area (Å²) in [5.74, 6) is 0. The van der Waals surface area contributed by atoms with Crippen LogP contribution in [0.3, 0.4) is 0 Å². The maximum atomic E-state index is 4.81. The molecule has 0 fully saturated rings. The molecule has 0 saturated carbocycles. The van der Waals surface area contributed by atoms with Crippen molar-refractivity contribution in [2.75, 3.05) is 6.26 Å². The van der Waals surface area contributed by atoms with E-state index in [-0.39, 0.29) is 0 Å². The molecule has 0 spiro atoms. The molecule has 3 rings (SSSR count). The molecule has 0 amide bonds. The van der Waals surface area contributed by atoms with Gasteiger partial charge in [0.05, 0.1) is 28.7 Å². The third-order valence-corrected chi connectivity index (χ3v) is 6.69. The van der Waals surface area contributed by atoms with Crippen LogP contribution in [0.1, 0.15) is 0 Å². The molecular weight excluding hydrogens is 438 g/mol. The molecule has 3 heterocycles. The zero-order valence-corrected chi connectivity index (χ0v) is 16.0. The first-order valence-corrected chi connectivity index (χ1v) is 10.2. The van der Waals surface area contributed by atoms with Crippen molar-refractivity contribution in [3.63, 3.8) is 0 Å². The summed E-state index contributed by atoms with van der Waals surface area (Å²) in [6, 6.07) is 12.6. The number of hydrogen-bond donors (Lipinski definition) is 0. The Morgan fingerprint density at radius 3 is 1.75 bits per heavy atom. The largest absolute Gasteiger partial charge is 0.246 e. The molecule has 0 saturated heterocycles. The monoisotopic (exact) mass is 445 g/mol. The number of pyridine rings is 1. The average molecular weight is 447 g/mol. The predicted molar refractivity (Wildman–Crippen MR) is 98.0 cm³/mol. The number of thioether (sulfide) groups is 1. The number of rotatable bonds is 3. The number of halogens is 2. The van der Waals surface area contributed by atoms with Gasteiger partial charge in [0.2, 0.25) is 0 Å². The SMILES string of the molecule is CSc1cc(-c2ccc(Br)s2)nc(-c2ccc(Br)s2)c1. The van der Waals surface area contributed by atoms with Crippen molar-refractivity contribution in [2.24, 2.45) is 0 Å². The molecule has 0 unspecified atom stereocenters. The van der Waals surface area contributed by atoms with Crippen LogP contribution in [-0.2, 0) is 0 Å². The van der Waals surface area contributed by atoms with Crippen LogP contribution >= 0.6 is 66.3 Å². The fourth-order valence-corrected chi connectivity index (χ4v) is 4.93. The van der Waals surface area contributed by atoms with Crippen LogP contribution in [0.15, 0.2) is 48.9 Å². The lowest BCUT2D eigenvalue weighted by atomic mass is 10.2. The summed E-state index contributed by atoms with van der Waals surface area (Å²) >= 11 is 12.2. The Kier molecular flexibility index (Phi) is 4.67. The van der Waals surface area contributed by atoms with Gasteiger partial charge in [-0.2, -0.15) is 0 Å². The Bertz CT molecular complexity index is 690. The standard InChI is InChI=1S/C14H9Br2NS3/c1-18-8-6-9(11-2-4-13(15)19-11)17-10(7-8)12-3-5-14(16)20-12/h2-7H,1H3. The van der Waals surface area contributed by atoms with Gasteiger partial charge in [0.1, 0.15) is 0 Å². The van der Waals surface area contributed by atoms with E-state index in [1.807, 2.05) is 0 Å². The van der Waals surface area contributed by atoms with Crippen molar-refractivity contribution < 1.29 is 0 Å². The van der Waals surface area contributed by atoms with Crippen LogP contribution in [0.5, 0.6) is 0 Å². The Morgan fingerprint density at radius 1 is 0.900 bits per heavy atom. The number of thiophene rings is 2. The third-order valence-electron chi connectivity index (χ3n) is 2.69. The second-order valence-electron chi connectivity index (χ2n) is 3.98. The topological polar surface area (TPSA) is 12.9 Å². The first-order chi connectivity index (χ1) is 9.65. The van der Waals surface area contributed by atoms with Crippen molar-refractivity contribution >= 4 is 66.3 Å². The predicted octanol–water partition coefficient (Wildman–Crippen LogP) is 6.79. The minimum atomic E-state index is 1.03. The first-order valence-electron chi connectivity index (χ1n) is 5.73. The normalized spacial score (nSPS) is 10.9. The minimum absolute atomic E-state index is 1.03. The summed E-state index contributed by atoms with van der Waals surface area (Å²) in [6.45, 7) is 0. The summed E-state index contributed by atoms with van der Waals surface area (Å²) in [5.41, 5.74) is 2.07. The van der Waals surface area contributed by atoms with Crippen molar-refractivity contribution in [1.29, 1.82) is 0 Å². The number of nitrogens with zero attached hydrogens (tertiary/aromatic N) is 1. The molecule has 0 atom stereocenters. The molecule has 0 aromatic carbocycles. The van der Waals surface area contributed by atoms with E-state index in [0.717, 1.165) is 19.0 Å². The zero-order chi connectivity index (χ0) is 14.1. The molecule has 1 nitrogen and oxygen atoms in total. The van der Waals surface area contributed by atoms with Gasteiger partial charge in [0, 0.05) is 4.90 Å². The van der Waals surface area contributed by atoms with Gasteiger partial charge in [-0.05, 0) is 74.5 Å². The van der Waals surface area contributed by atoms with Crippen LogP contribution in [0.4, 0.5) is 0 Å². The highest BCUT2D eigenvalue weighted by atomic mass is 79.9. The molecule has 0 aliphatic heterocycles. The fraction of sp³-hybridized carbons (Fsp3) is 0.0714. The van der Waals surface area contributed by atoms with E-state index >= 15 is 0 Å².